The van der Waals surface area contributed by atoms with Gasteiger partial charge in [-0.1, -0.05) is 6.92 Å². The number of nitrogens with zero attached hydrogens (tertiary/aromatic N) is 2. The zero-order chi connectivity index (χ0) is 15.6. The first-order chi connectivity index (χ1) is 9.82. The van der Waals surface area contributed by atoms with Gasteiger partial charge in [-0.2, -0.15) is 8.70 Å². The number of sulfonamides is 1. The number of rotatable bonds is 3. The molecule has 1 atom stereocenters. The molecular weight excluding hydrogens is 299 g/mol. The molecule has 1 unspecified atom stereocenters. The smallest absolute Gasteiger partial charge is 0.258 e. The van der Waals surface area contributed by atoms with Crippen LogP contribution in [0.3, 0.4) is 0 Å². The molecular formula is C13H17FN2O4S. The molecule has 1 heterocycles. The second kappa shape index (κ2) is 6.07. The van der Waals surface area contributed by atoms with Crippen molar-refractivity contribution in [3.05, 3.63) is 34.1 Å². The van der Waals surface area contributed by atoms with E-state index in [0.717, 1.165) is 37.5 Å². The number of nitro groups is 1. The van der Waals surface area contributed by atoms with Gasteiger partial charge in [-0.05, 0) is 31.2 Å². The van der Waals surface area contributed by atoms with E-state index in [1.165, 1.54) is 4.31 Å². The van der Waals surface area contributed by atoms with Crippen molar-refractivity contribution >= 4 is 15.7 Å². The van der Waals surface area contributed by atoms with Gasteiger partial charge in [0.15, 0.2) is 0 Å². The second-order valence-electron chi connectivity index (χ2n) is 5.31. The van der Waals surface area contributed by atoms with E-state index in [-0.39, 0.29) is 4.90 Å². The average Bonchev–Trinajstić information content (AvgIpc) is 2.63. The van der Waals surface area contributed by atoms with E-state index in [1.807, 2.05) is 0 Å². The normalized spacial score (nSPS) is 21.0. The maximum Gasteiger partial charge on any atom is 0.304 e. The van der Waals surface area contributed by atoms with Crippen LogP contribution in [0.2, 0.25) is 0 Å². The zero-order valence-corrected chi connectivity index (χ0v) is 12.5. The average molecular weight is 316 g/mol. The maximum absolute atomic E-state index is 13.6. The Morgan fingerprint density at radius 2 is 2.05 bits per heavy atom. The summed E-state index contributed by atoms with van der Waals surface area (Å²) in [7, 11) is -3.80. The number of halogens is 1. The molecule has 0 spiro atoms. The van der Waals surface area contributed by atoms with Crippen molar-refractivity contribution < 1.29 is 17.7 Å². The highest BCUT2D eigenvalue weighted by Gasteiger charge is 2.28. The van der Waals surface area contributed by atoms with Crippen LogP contribution in [-0.2, 0) is 10.0 Å². The lowest BCUT2D eigenvalue weighted by molar-refractivity contribution is -0.387. The summed E-state index contributed by atoms with van der Waals surface area (Å²) in [5, 5.41) is 10.6. The van der Waals surface area contributed by atoms with Gasteiger partial charge in [0.05, 0.1) is 9.82 Å². The molecule has 1 aromatic rings. The summed E-state index contributed by atoms with van der Waals surface area (Å²) in [6, 6.07) is 2.70. The van der Waals surface area contributed by atoms with E-state index in [9.17, 15) is 22.9 Å². The van der Waals surface area contributed by atoms with E-state index >= 15 is 0 Å². The van der Waals surface area contributed by atoms with Crippen LogP contribution in [0.15, 0.2) is 23.1 Å². The quantitative estimate of drug-likeness (QED) is 0.634. The summed E-state index contributed by atoms with van der Waals surface area (Å²) in [5.74, 6) is -0.678. The van der Waals surface area contributed by atoms with Crippen LogP contribution >= 0.6 is 0 Å². The van der Waals surface area contributed by atoms with Crippen molar-refractivity contribution in [1.82, 2.24) is 4.31 Å². The Labute approximate surface area is 122 Å². The molecule has 0 amide bonds. The molecule has 1 fully saturated rings. The first-order valence-electron chi connectivity index (χ1n) is 6.76. The molecule has 21 heavy (non-hydrogen) atoms. The molecule has 0 N–H and O–H groups in total. The Bertz CT molecular complexity index is 648. The van der Waals surface area contributed by atoms with Gasteiger partial charge < -0.3 is 0 Å². The van der Waals surface area contributed by atoms with Gasteiger partial charge in [0.25, 0.3) is 0 Å². The molecule has 2 rings (SSSR count). The predicted octanol–water partition coefficient (Wildman–Crippen LogP) is 2.54. The van der Waals surface area contributed by atoms with E-state index in [0.29, 0.717) is 19.0 Å². The van der Waals surface area contributed by atoms with Crippen LogP contribution in [0.25, 0.3) is 0 Å². The molecule has 0 radical (unpaired) electrons. The summed E-state index contributed by atoms with van der Waals surface area (Å²) in [4.78, 5) is 9.46. The minimum absolute atomic E-state index is 0.236. The van der Waals surface area contributed by atoms with Gasteiger partial charge in [-0.3, -0.25) is 10.1 Å². The van der Waals surface area contributed by atoms with Crippen molar-refractivity contribution in [2.24, 2.45) is 5.92 Å². The van der Waals surface area contributed by atoms with Crippen LogP contribution in [0, 0.1) is 21.8 Å². The molecule has 6 nitrogen and oxygen atoms in total. The van der Waals surface area contributed by atoms with Gasteiger partial charge in [0, 0.05) is 25.2 Å². The van der Waals surface area contributed by atoms with Gasteiger partial charge in [-0.25, -0.2) is 8.42 Å². The Kier molecular flexibility index (Phi) is 4.58. The number of benzene rings is 1. The maximum atomic E-state index is 13.6. The van der Waals surface area contributed by atoms with Crippen LogP contribution in [-0.4, -0.2) is 30.7 Å². The first kappa shape index (κ1) is 15.8. The first-order valence-corrected chi connectivity index (χ1v) is 8.20. The zero-order valence-electron chi connectivity index (χ0n) is 11.7. The van der Waals surface area contributed by atoms with Gasteiger partial charge in [0.1, 0.15) is 0 Å². The Morgan fingerprint density at radius 3 is 2.67 bits per heavy atom. The van der Waals surface area contributed by atoms with E-state index in [4.69, 9.17) is 0 Å². The number of hydrogen-bond acceptors (Lipinski definition) is 4. The largest absolute Gasteiger partial charge is 0.304 e. The summed E-state index contributed by atoms with van der Waals surface area (Å²) >= 11 is 0. The van der Waals surface area contributed by atoms with E-state index in [2.05, 4.69) is 6.92 Å². The highest BCUT2D eigenvalue weighted by atomic mass is 32.2. The SMILES string of the molecule is CC1CCCN(S(=O)(=O)c2ccc([N+](=O)[O-])c(F)c2)CC1. The molecule has 0 saturated carbocycles. The molecule has 1 aliphatic heterocycles. The second-order valence-corrected chi connectivity index (χ2v) is 7.25. The lowest BCUT2D eigenvalue weighted by atomic mass is 10.0. The number of hydrogen-bond donors (Lipinski definition) is 0. The third-order valence-corrected chi connectivity index (χ3v) is 5.62. The summed E-state index contributed by atoms with van der Waals surface area (Å²) in [6.45, 7) is 2.86. The van der Waals surface area contributed by atoms with Crippen molar-refractivity contribution in [2.75, 3.05) is 13.1 Å². The highest BCUT2D eigenvalue weighted by Crippen LogP contribution is 2.26. The van der Waals surface area contributed by atoms with Crippen molar-refractivity contribution in [1.29, 1.82) is 0 Å². The fourth-order valence-corrected chi connectivity index (χ4v) is 3.93. The Balaban J connectivity index is 2.31. The highest BCUT2D eigenvalue weighted by molar-refractivity contribution is 7.89. The lowest BCUT2D eigenvalue weighted by Crippen LogP contribution is -2.32. The molecule has 1 aliphatic rings. The topological polar surface area (TPSA) is 80.5 Å². The molecule has 0 bridgehead atoms. The predicted molar refractivity (Wildman–Crippen MR) is 74.8 cm³/mol. The Morgan fingerprint density at radius 1 is 1.33 bits per heavy atom. The fraction of sp³-hybridized carbons (Fsp3) is 0.538. The van der Waals surface area contributed by atoms with Gasteiger partial charge >= 0.3 is 5.69 Å². The fourth-order valence-electron chi connectivity index (χ4n) is 2.42. The standard InChI is InChI=1S/C13H17FN2O4S/c1-10-3-2-7-15(8-6-10)21(19,20)11-4-5-13(16(17)18)12(14)9-11/h4-5,9-10H,2-3,6-8H2,1H3. The number of nitro benzene ring substituents is 1. The van der Waals surface area contributed by atoms with Crippen molar-refractivity contribution in [3.8, 4) is 0 Å². The van der Waals surface area contributed by atoms with Crippen LogP contribution < -0.4 is 0 Å². The summed E-state index contributed by atoms with van der Waals surface area (Å²) in [5.41, 5.74) is -0.724. The van der Waals surface area contributed by atoms with E-state index in [1.54, 1.807) is 0 Å². The molecule has 1 saturated heterocycles. The summed E-state index contributed by atoms with van der Waals surface area (Å²) < 4.78 is 39.9. The minimum Gasteiger partial charge on any atom is -0.258 e. The van der Waals surface area contributed by atoms with E-state index < -0.39 is 26.5 Å². The molecule has 8 heteroatoms. The van der Waals surface area contributed by atoms with Gasteiger partial charge in [-0.15, -0.1) is 0 Å². The molecule has 0 aromatic heterocycles. The molecule has 116 valence electrons. The third kappa shape index (κ3) is 3.38. The minimum atomic E-state index is -3.80. The van der Waals surface area contributed by atoms with Crippen LogP contribution in [0.4, 0.5) is 10.1 Å². The summed E-state index contributed by atoms with van der Waals surface area (Å²) in [6.07, 6.45) is 2.48. The Hall–Kier alpha value is -1.54. The molecule has 0 aliphatic carbocycles. The third-order valence-electron chi connectivity index (χ3n) is 3.73. The van der Waals surface area contributed by atoms with Crippen LogP contribution in [0.1, 0.15) is 26.2 Å². The van der Waals surface area contributed by atoms with Crippen molar-refractivity contribution in [2.45, 2.75) is 31.1 Å². The van der Waals surface area contributed by atoms with Crippen LogP contribution in [0.5, 0.6) is 0 Å². The lowest BCUT2D eigenvalue weighted by Gasteiger charge is -2.20. The monoisotopic (exact) mass is 316 g/mol. The molecule has 1 aromatic carbocycles. The van der Waals surface area contributed by atoms with Gasteiger partial charge in [0.2, 0.25) is 15.8 Å². The van der Waals surface area contributed by atoms with Crippen molar-refractivity contribution in [3.63, 3.8) is 0 Å².